The summed E-state index contributed by atoms with van der Waals surface area (Å²) in [4.78, 5) is 16.3. The minimum atomic E-state index is -4.31. The third kappa shape index (κ3) is 5.47. The second kappa shape index (κ2) is 8.43. The summed E-state index contributed by atoms with van der Waals surface area (Å²) in [5, 5.41) is 0. The van der Waals surface area contributed by atoms with Gasteiger partial charge in [0.2, 0.25) is 5.91 Å². The Hall–Kier alpha value is -2.54. The second-order valence-electron chi connectivity index (χ2n) is 6.50. The van der Waals surface area contributed by atoms with Crippen molar-refractivity contribution in [1.82, 2.24) is 9.80 Å². The molecule has 7 heteroatoms. The molecule has 4 nitrogen and oxygen atoms in total. The topological polar surface area (TPSA) is 36.7 Å². The highest BCUT2D eigenvalue weighted by Gasteiger charge is 2.30. The summed E-state index contributed by atoms with van der Waals surface area (Å²) < 4.78 is 43.1. The van der Waals surface area contributed by atoms with Gasteiger partial charge in [-0.2, -0.15) is 13.2 Å². The van der Waals surface area contributed by atoms with Gasteiger partial charge in [0, 0.05) is 38.8 Å². The third-order valence-electron chi connectivity index (χ3n) is 4.52. The molecule has 0 aliphatic carbocycles. The molecule has 0 atom stereocenters. The van der Waals surface area contributed by atoms with E-state index in [4.69, 9.17) is 4.42 Å². The molecule has 0 bridgehead atoms. The number of benzene rings is 1. The highest BCUT2D eigenvalue weighted by Crippen LogP contribution is 2.29. The molecule has 1 amide bonds. The molecule has 1 saturated heterocycles. The largest absolute Gasteiger partial charge is 0.465 e. The first-order valence-corrected chi connectivity index (χ1v) is 8.81. The summed E-state index contributed by atoms with van der Waals surface area (Å²) in [7, 11) is 0. The van der Waals surface area contributed by atoms with Crippen molar-refractivity contribution in [1.29, 1.82) is 0 Å². The van der Waals surface area contributed by atoms with Gasteiger partial charge in [-0.25, -0.2) is 0 Å². The maximum absolute atomic E-state index is 12.6. The van der Waals surface area contributed by atoms with Crippen LogP contribution in [-0.4, -0.2) is 41.9 Å². The van der Waals surface area contributed by atoms with Crippen molar-refractivity contribution >= 4 is 12.0 Å². The van der Waals surface area contributed by atoms with Gasteiger partial charge in [0.25, 0.3) is 0 Å². The second-order valence-corrected chi connectivity index (χ2v) is 6.50. The SMILES string of the molecule is O=C(/C=C/c1ccco1)N1CCCN(Cc2ccc(C(F)(F)F)cc2)CC1. The van der Waals surface area contributed by atoms with Crippen LogP contribution in [0, 0.1) is 0 Å². The molecule has 0 saturated carbocycles. The van der Waals surface area contributed by atoms with E-state index in [1.807, 2.05) is 0 Å². The van der Waals surface area contributed by atoms with E-state index in [0.29, 0.717) is 31.9 Å². The van der Waals surface area contributed by atoms with Crippen LogP contribution in [0.2, 0.25) is 0 Å². The Morgan fingerprint density at radius 3 is 2.52 bits per heavy atom. The molecule has 0 unspecified atom stereocenters. The number of rotatable bonds is 4. The van der Waals surface area contributed by atoms with Crippen LogP contribution in [0.25, 0.3) is 6.08 Å². The fraction of sp³-hybridized carbons (Fsp3) is 0.350. The first-order valence-electron chi connectivity index (χ1n) is 8.81. The van der Waals surface area contributed by atoms with Crippen LogP contribution in [-0.2, 0) is 17.5 Å². The summed E-state index contributed by atoms with van der Waals surface area (Å²) in [5.41, 5.74) is 0.197. The van der Waals surface area contributed by atoms with Crippen molar-refractivity contribution in [2.45, 2.75) is 19.1 Å². The summed E-state index contributed by atoms with van der Waals surface area (Å²) in [6, 6.07) is 8.80. The average molecular weight is 378 g/mol. The number of carbonyl (C=O) groups excluding carboxylic acids is 1. The molecule has 2 aromatic rings. The molecule has 0 spiro atoms. The molecule has 0 N–H and O–H groups in total. The summed E-state index contributed by atoms with van der Waals surface area (Å²) in [6.07, 6.45) is 1.21. The van der Waals surface area contributed by atoms with Crippen molar-refractivity contribution in [2.75, 3.05) is 26.2 Å². The van der Waals surface area contributed by atoms with Crippen LogP contribution in [0.1, 0.15) is 23.3 Å². The Bertz CT molecular complexity index is 768. The van der Waals surface area contributed by atoms with Gasteiger partial charge in [-0.3, -0.25) is 9.69 Å². The number of furan rings is 1. The summed E-state index contributed by atoms with van der Waals surface area (Å²) in [6.45, 7) is 3.29. The van der Waals surface area contributed by atoms with E-state index in [1.54, 1.807) is 29.4 Å². The summed E-state index contributed by atoms with van der Waals surface area (Å²) in [5.74, 6) is 0.560. The molecule has 144 valence electrons. The molecule has 27 heavy (non-hydrogen) atoms. The first kappa shape index (κ1) is 19.2. The van der Waals surface area contributed by atoms with Gasteiger partial charge in [-0.05, 0) is 42.3 Å². The highest BCUT2D eigenvalue weighted by molar-refractivity contribution is 5.91. The smallest absolute Gasteiger partial charge is 0.416 e. The monoisotopic (exact) mass is 378 g/mol. The van der Waals surface area contributed by atoms with Crippen molar-refractivity contribution in [2.24, 2.45) is 0 Å². The standard InChI is InChI=1S/C20H21F3N2O2/c21-20(22,23)17-6-4-16(5-7-17)15-24-10-2-11-25(13-12-24)19(26)9-8-18-3-1-14-27-18/h1,3-9,14H,2,10-13,15H2/b9-8+. The number of nitrogens with zero attached hydrogens (tertiary/aromatic N) is 2. The van der Waals surface area contributed by atoms with E-state index in [1.165, 1.54) is 18.2 Å². The maximum Gasteiger partial charge on any atom is 0.416 e. The maximum atomic E-state index is 12.6. The van der Waals surface area contributed by atoms with Gasteiger partial charge in [0.1, 0.15) is 5.76 Å². The van der Waals surface area contributed by atoms with E-state index < -0.39 is 11.7 Å². The minimum Gasteiger partial charge on any atom is -0.465 e. The molecule has 1 aromatic heterocycles. The molecule has 0 radical (unpaired) electrons. The molecule has 2 heterocycles. The Kier molecular flexibility index (Phi) is 6.01. The van der Waals surface area contributed by atoms with Crippen LogP contribution in [0.4, 0.5) is 13.2 Å². The lowest BCUT2D eigenvalue weighted by Gasteiger charge is -2.21. The van der Waals surface area contributed by atoms with Crippen LogP contribution in [0.5, 0.6) is 0 Å². The number of halogens is 3. The zero-order valence-corrected chi connectivity index (χ0v) is 14.8. The number of amides is 1. The highest BCUT2D eigenvalue weighted by atomic mass is 19.4. The van der Waals surface area contributed by atoms with Crippen LogP contribution < -0.4 is 0 Å². The predicted molar refractivity (Wildman–Crippen MR) is 95.7 cm³/mol. The van der Waals surface area contributed by atoms with Gasteiger partial charge < -0.3 is 9.32 Å². The Morgan fingerprint density at radius 1 is 1.07 bits per heavy atom. The number of hydrogen-bond donors (Lipinski definition) is 0. The zero-order chi connectivity index (χ0) is 19.3. The third-order valence-corrected chi connectivity index (χ3v) is 4.52. The Labute approximate surface area is 155 Å². The molecule has 1 aliphatic heterocycles. The number of alkyl halides is 3. The van der Waals surface area contributed by atoms with Crippen molar-refractivity contribution in [3.05, 3.63) is 65.6 Å². The van der Waals surface area contributed by atoms with Gasteiger partial charge >= 0.3 is 6.18 Å². The lowest BCUT2D eigenvalue weighted by Crippen LogP contribution is -2.34. The van der Waals surface area contributed by atoms with Gasteiger partial charge in [0.05, 0.1) is 11.8 Å². The number of hydrogen-bond acceptors (Lipinski definition) is 3. The predicted octanol–water partition coefficient (Wildman–Crippen LogP) is 4.05. The van der Waals surface area contributed by atoms with Crippen LogP contribution in [0.15, 0.2) is 53.2 Å². The van der Waals surface area contributed by atoms with Gasteiger partial charge in [0.15, 0.2) is 0 Å². The fourth-order valence-electron chi connectivity index (χ4n) is 3.05. The number of carbonyl (C=O) groups is 1. The molecular formula is C20H21F3N2O2. The van der Waals surface area contributed by atoms with Crippen molar-refractivity contribution < 1.29 is 22.4 Å². The van der Waals surface area contributed by atoms with E-state index >= 15 is 0 Å². The van der Waals surface area contributed by atoms with Crippen LogP contribution in [0.3, 0.4) is 0 Å². The lowest BCUT2D eigenvalue weighted by atomic mass is 10.1. The molecule has 3 rings (SSSR count). The zero-order valence-electron chi connectivity index (χ0n) is 14.8. The Morgan fingerprint density at radius 2 is 1.85 bits per heavy atom. The summed E-state index contributed by atoms with van der Waals surface area (Å²) >= 11 is 0. The van der Waals surface area contributed by atoms with E-state index in [0.717, 1.165) is 30.7 Å². The van der Waals surface area contributed by atoms with Crippen molar-refractivity contribution in [3.8, 4) is 0 Å². The Balaban J connectivity index is 1.53. The average Bonchev–Trinajstić information content (AvgIpc) is 3.05. The molecular weight excluding hydrogens is 357 g/mol. The van der Waals surface area contributed by atoms with E-state index in [2.05, 4.69) is 4.90 Å². The van der Waals surface area contributed by atoms with Crippen molar-refractivity contribution in [3.63, 3.8) is 0 Å². The van der Waals surface area contributed by atoms with E-state index in [-0.39, 0.29) is 5.91 Å². The first-order chi connectivity index (χ1) is 12.9. The van der Waals surface area contributed by atoms with Gasteiger partial charge in [-0.15, -0.1) is 0 Å². The van der Waals surface area contributed by atoms with E-state index in [9.17, 15) is 18.0 Å². The van der Waals surface area contributed by atoms with Crippen LogP contribution >= 0.6 is 0 Å². The fourth-order valence-corrected chi connectivity index (χ4v) is 3.05. The lowest BCUT2D eigenvalue weighted by molar-refractivity contribution is -0.137. The molecule has 1 fully saturated rings. The molecule has 1 aromatic carbocycles. The quantitative estimate of drug-likeness (QED) is 0.754. The normalized spacial score (nSPS) is 16.6. The van der Waals surface area contributed by atoms with Gasteiger partial charge in [-0.1, -0.05) is 12.1 Å². The minimum absolute atomic E-state index is 0.0669. The molecule has 1 aliphatic rings.